The Morgan fingerprint density at radius 3 is 2.70 bits per heavy atom. The van der Waals surface area contributed by atoms with Crippen molar-refractivity contribution in [2.24, 2.45) is 0 Å². The van der Waals surface area contributed by atoms with Crippen molar-refractivity contribution in [3.05, 3.63) is 0 Å². The van der Waals surface area contributed by atoms with Crippen LogP contribution in [0.15, 0.2) is 0 Å². The number of aliphatic carboxylic acids is 1. The van der Waals surface area contributed by atoms with Gasteiger partial charge in [-0.25, -0.2) is 9.59 Å². The molecular formula is C14H26N2O4. The van der Waals surface area contributed by atoms with E-state index in [0.29, 0.717) is 26.1 Å². The molecule has 0 aromatic heterocycles. The third-order valence-electron chi connectivity index (χ3n) is 3.65. The maximum atomic E-state index is 12.0. The SMILES string of the molecule is CC(C)OCCCCNC(=O)N1CCCC1(C)C(=O)O. The van der Waals surface area contributed by atoms with Crippen molar-refractivity contribution >= 4 is 12.0 Å². The van der Waals surface area contributed by atoms with Crippen molar-refractivity contribution in [3.63, 3.8) is 0 Å². The lowest BCUT2D eigenvalue weighted by molar-refractivity contribution is -0.147. The molecule has 1 atom stereocenters. The summed E-state index contributed by atoms with van der Waals surface area (Å²) in [5, 5.41) is 12.0. The highest BCUT2D eigenvalue weighted by molar-refractivity contribution is 5.86. The Kier molecular flexibility index (Phi) is 6.26. The summed E-state index contributed by atoms with van der Waals surface area (Å²) in [5.41, 5.74) is -1.06. The lowest BCUT2D eigenvalue weighted by atomic mass is 10.00. The molecular weight excluding hydrogens is 260 g/mol. The van der Waals surface area contributed by atoms with Gasteiger partial charge in [0.1, 0.15) is 5.54 Å². The monoisotopic (exact) mass is 286 g/mol. The molecule has 1 fully saturated rings. The third kappa shape index (κ3) is 4.37. The number of ether oxygens (including phenoxy) is 1. The van der Waals surface area contributed by atoms with Crippen LogP contribution < -0.4 is 5.32 Å². The fourth-order valence-electron chi connectivity index (χ4n) is 2.35. The molecule has 0 aliphatic carbocycles. The first-order valence-electron chi connectivity index (χ1n) is 7.28. The van der Waals surface area contributed by atoms with Crippen LogP contribution in [0.25, 0.3) is 0 Å². The number of urea groups is 1. The Hall–Kier alpha value is -1.30. The first kappa shape index (κ1) is 16.8. The lowest BCUT2D eigenvalue weighted by Crippen LogP contribution is -2.54. The van der Waals surface area contributed by atoms with Crippen LogP contribution in [-0.4, -0.2) is 53.3 Å². The van der Waals surface area contributed by atoms with Crippen molar-refractivity contribution in [3.8, 4) is 0 Å². The largest absolute Gasteiger partial charge is 0.480 e. The van der Waals surface area contributed by atoms with Gasteiger partial charge in [0.15, 0.2) is 0 Å². The molecule has 0 bridgehead atoms. The molecule has 116 valence electrons. The summed E-state index contributed by atoms with van der Waals surface area (Å²) < 4.78 is 5.41. The predicted molar refractivity (Wildman–Crippen MR) is 75.7 cm³/mol. The quantitative estimate of drug-likeness (QED) is 0.700. The fourth-order valence-corrected chi connectivity index (χ4v) is 2.35. The zero-order chi connectivity index (χ0) is 15.2. The zero-order valence-corrected chi connectivity index (χ0v) is 12.6. The molecule has 1 unspecified atom stereocenters. The topological polar surface area (TPSA) is 78.9 Å². The Balaban J connectivity index is 2.27. The van der Waals surface area contributed by atoms with Crippen LogP contribution in [0.1, 0.15) is 46.5 Å². The highest BCUT2D eigenvalue weighted by atomic mass is 16.5. The summed E-state index contributed by atoms with van der Waals surface area (Å²) in [6.07, 6.45) is 3.19. The standard InChI is InChI=1S/C14H26N2O4/c1-11(2)20-10-5-4-8-15-13(19)16-9-6-7-14(16,3)12(17)18/h11H,4-10H2,1-3H3,(H,15,19)(H,17,18). The zero-order valence-electron chi connectivity index (χ0n) is 12.6. The third-order valence-corrected chi connectivity index (χ3v) is 3.65. The molecule has 2 amide bonds. The number of rotatable bonds is 7. The highest BCUT2D eigenvalue weighted by Gasteiger charge is 2.45. The number of hydrogen-bond acceptors (Lipinski definition) is 3. The van der Waals surface area contributed by atoms with Crippen molar-refractivity contribution in [1.29, 1.82) is 0 Å². The van der Waals surface area contributed by atoms with E-state index >= 15 is 0 Å². The van der Waals surface area contributed by atoms with Crippen LogP contribution in [-0.2, 0) is 9.53 Å². The number of amides is 2. The molecule has 0 aromatic carbocycles. The molecule has 0 spiro atoms. The molecule has 0 saturated carbocycles. The Bertz CT molecular complexity index is 346. The summed E-state index contributed by atoms with van der Waals surface area (Å²) in [7, 11) is 0. The van der Waals surface area contributed by atoms with Crippen LogP contribution in [0, 0.1) is 0 Å². The molecule has 6 nitrogen and oxygen atoms in total. The van der Waals surface area contributed by atoms with Gasteiger partial charge in [-0.15, -0.1) is 0 Å². The Morgan fingerprint density at radius 1 is 1.40 bits per heavy atom. The minimum atomic E-state index is -1.06. The summed E-state index contributed by atoms with van der Waals surface area (Å²) in [6, 6.07) is -0.280. The van der Waals surface area contributed by atoms with Crippen molar-refractivity contribution in [2.75, 3.05) is 19.7 Å². The van der Waals surface area contributed by atoms with Crippen LogP contribution >= 0.6 is 0 Å². The average Bonchev–Trinajstić information content (AvgIpc) is 2.76. The molecule has 0 aromatic rings. The first-order valence-corrected chi connectivity index (χ1v) is 7.28. The van der Waals surface area contributed by atoms with E-state index < -0.39 is 11.5 Å². The second-order valence-electron chi connectivity index (χ2n) is 5.69. The Morgan fingerprint density at radius 2 is 2.10 bits per heavy atom. The number of nitrogens with zero attached hydrogens (tertiary/aromatic N) is 1. The van der Waals surface area contributed by atoms with E-state index in [1.54, 1.807) is 6.92 Å². The van der Waals surface area contributed by atoms with Gasteiger partial charge >= 0.3 is 12.0 Å². The average molecular weight is 286 g/mol. The van der Waals surface area contributed by atoms with Crippen LogP contribution in [0.4, 0.5) is 4.79 Å². The molecule has 2 N–H and O–H groups in total. The van der Waals surface area contributed by atoms with E-state index in [4.69, 9.17) is 4.74 Å². The lowest BCUT2D eigenvalue weighted by Gasteiger charge is -2.31. The van der Waals surface area contributed by atoms with Gasteiger partial charge in [0, 0.05) is 19.7 Å². The number of hydrogen-bond donors (Lipinski definition) is 2. The number of carbonyl (C=O) groups excluding carboxylic acids is 1. The molecule has 1 aliphatic rings. The second kappa shape index (κ2) is 7.47. The summed E-state index contributed by atoms with van der Waals surface area (Å²) in [6.45, 7) is 7.32. The molecule has 0 radical (unpaired) electrons. The van der Waals surface area contributed by atoms with E-state index in [9.17, 15) is 14.7 Å². The number of carbonyl (C=O) groups is 2. The van der Waals surface area contributed by atoms with Crippen LogP contribution in [0.2, 0.25) is 0 Å². The maximum absolute atomic E-state index is 12.0. The number of likely N-dealkylation sites (tertiary alicyclic amines) is 1. The van der Waals surface area contributed by atoms with Gasteiger partial charge in [0.05, 0.1) is 6.10 Å². The number of nitrogens with one attached hydrogen (secondary N) is 1. The van der Waals surface area contributed by atoms with Crippen molar-refractivity contribution < 1.29 is 19.4 Å². The van der Waals surface area contributed by atoms with E-state index in [-0.39, 0.29) is 12.1 Å². The van der Waals surface area contributed by atoms with Gasteiger partial charge < -0.3 is 20.1 Å². The van der Waals surface area contributed by atoms with Crippen molar-refractivity contribution in [2.45, 2.75) is 58.1 Å². The van der Waals surface area contributed by atoms with Gasteiger partial charge in [0.25, 0.3) is 0 Å². The summed E-state index contributed by atoms with van der Waals surface area (Å²) in [5.74, 6) is -0.935. The van der Waals surface area contributed by atoms with E-state index in [1.807, 2.05) is 13.8 Å². The van der Waals surface area contributed by atoms with Crippen LogP contribution in [0.3, 0.4) is 0 Å². The van der Waals surface area contributed by atoms with Gasteiger partial charge in [-0.3, -0.25) is 0 Å². The van der Waals surface area contributed by atoms with Crippen molar-refractivity contribution in [1.82, 2.24) is 10.2 Å². The van der Waals surface area contributed by atoms with Crippen LogP contribution in [0.5, 0.6) is 0 Å². The molecule has 1 aliphatic heterocycles. The van der Waals surface area contributed by atoms with Gasteiger partial charge in [0.2, 0.25) is 0 Å². The molecule has 20 heavy (non-hydrogen) atoms. The van der Waals surface area contributed by atoms with Gasteiger partial charge in [-0.2, -0.15) is 0 Å². The summed E-state index contributed by atoms with van der Waals surface area (Å²) >= 11 is 0. The Labute approximate surface area is 120 Å². The molecule has 1 saturated heterocycles. The molecule has 1 heterocycles. The number of carboxylic acids is 1. The minimum absolute atomic E-state index is 0.227. The fraction of sp³-hybridized carbons (Fsp3) is 0.857. The second-order valence-corrected chi connectivity index (χ2v) is 5.69. The van der Waals surface area contributed by atoms with Gasteiger partial charge in [-0.05, 0) is 46.5 Å². The van der Waals surface area contributed by atoms with E-state index in [1.165, 1.54) is 4.90 Å². The highest BCUT2D eigenvalue weighted by Crippen LogP contribution is 2.29. The molecule has 1 rings (SSSR count). The van der Waals surface area contributed by atoms with E-state index in [2.05, 4.69) is 5.32 Å². The predicted octanol–water partition coefficient (Wildman–Crippen LogP) is 1.84. The first-order chi connectivity index (χ1) is 9.38. The smallest absolute Gasteiger partial charge is 0.329 e. The number of carboxylic acid groups (broad SMARTS) is 1. The van der Waals surface area contributed by atoms with Gasteiger partial charge in [-0.1, -0.05) is 0 Å². The maximum Gasteiger partial charge on any atom is 0.329 e. The number of unbranched alkanes of at least 4 members (excludes halogenated alkanes) is 1. The molecule has 6 heteroatoms. The summed E-state index contributed by atoms with van der Waals surface area (Å²) in [4.78, 5) is 24.7. The minimum Gasteiger partial charge on any atom is -0.480 e. The normalized spacial score (nSPS) is 22.3. The van der Waals surface area contributed by atoms with E-state index in [0.717, 1.165) is 19.3 Å².